The van der Waals surface area contributed by atoms with Gasteiger partial charge in [-0.05, 0) is 23.3 Å². The van der Waals surface area contributed by atoms with Crippen molar-refractivity contribution < 1.29 is 19.0 Å². The summed E-state index contributed by atoms with van der Waals surface area (Å²) in [5.74, 6) is -0.140. The first-order valence-corrected chi connectivity index (χ1v) is 9.33. The average molecular weight is 417 g/mol. The van der Waals surface area contributed by atoms with E-state index in [0.29, 0.717) is 34.2 Å². The summed E-state index contributed by atoms with van der Waals surface area (Å²) in [6, 6.07) is 16.9. The number of allylic oxidation sites excluding steroid dienone is 1. The number of aromatic amines is 1. The van der Waals surface area contributed by atoms with Crippen molar-refractivity contribution in [3.8, 4) is 34.7 Å². The van der Waals surface area contributed by atoms with Crippen molar-refractivity contribution in [2.75, 3.05) is 13.7 Å². The van der Waals surface area contributed by atoms with Gasteiger partial charge >= 0.3 is 0 Å². The number of nitrogens with one attached hydrogen (secondary N) is 1. The Labute approximate surface area is 177 Å². The first-order valence-electron chi connectivity index (χ1n) is 9.33. The molecule has 1 atom stereocenters. The second kappa shape index (κ2) is 8.12. The molecule has 3 aromatic rings. The number of ether oxygens (including phenoxy) is 3. The molecule has 0 spiro atoms. The van der Waals surface area contributed by atoms with Crippen LogP contribution in [0.25, 0.3) is 11.3 Å². The van der Waals surface area contributed by atoms with Crippen LogP contribution in [0, 0.1) is 11.3 Å². The molecule has 0 saturated carbocycles. The average Bonchev–Trinajstić information content (AvgIpc) is 3.20. The number of methoxy groups -OCH3 is 1. The van der Waals surface area contributed by atoms with E-state index in [-0.39, 0.29) is 18.1 Å². The zero-order valence-corrected chi connectivity index (χ0v) is 16.6. The van der Waals surface area contributed by atoms with Crippen LogP contribution in [0.4, 0.5) is 0 Å². The Bertz CT molecular complexity index is 1210. The van der Waals surface area contributed by atoms with Gasteiger partial charge in [0.05, 0.1) is 24.3 Å². The highest BCUT2D eigenvalue weighted by Crippen LogP contribution is 2.46. The van der Waals surface area contributed by atoms with E-state index in [1.54, 1.807) is 18.2 Å². The summed E-state index contributed by atoms with van der Waals surface area (Å²) in [5, 5.41) is 17.1. The minimum absolute atomic E-state index is 0.0147. The van der Waals surface area contributed by atoms with Crippen LogP contribution in [0.15, 0.2) is 60.0 Å². The third-order valence-corrected chi connectivity index (χ3v) is 4.89. The molecule has 0 bridgehead atoms. The molecule has 1 unspecified atom stereocenters. The van der Waals surface area contributed by atoms with Crippen molar-refractivity contribution in [3.63, 3.8) is 0 Å². The van der Waals surface area contributed by atoms with Gasteiger partial charge in [0.1, 0.15) is 11.6 Å². The molecule has 1 amide bonds. The molecule has 1 aliphatic heterocycles. The molecular weight excluding hydrogens is 398 g/mol. The number of nitrogens with zero attached hydrogens (tertiary/aromatic N) is 2. The highest BCUT2D eigenvalue weighted by atomic mass is 16.5. The maximum atomic E-state index is 11.1. The van der Waals surface area contributed by atoms with Crippen LogP contribution in [0.1, 0.15) is 17.0 Å². The monoisotopic (exact) mass is 417 g/mol. The Morgan fingerprint density at radius 1 is 1.26 bits per heavy atom. The van der Waals surface area contributed by atoms with Crippen molar-refractivity contribution in [1.82, 2.24) is 10.2 Å². The van der Waals surface area contributed by atoms with E-state index in [1.165, 1.54) is 7.11 Å². The van der Waals surface area contributed by atoms with Crippen LogP contribution in [0.5, 0.6) is 17.4 Å². The molecule has 4 rings (SSSR count). The van der Waals surface area contributed by atoms with E-state index in [0.717, 1.165) is 5.56 Å². The van der Waals surface area contributed by atoms with Crippen molar-refractivity contribution >= 4 is 5.91 Å². The summed E-state index contributed by atoms with van der Waals surface area (Å²) < 4.78 is 16.5. The van der Waals surface area contributed by atoms with Gasteiger partial charge in [-0.1, -0.05) is 36.4 Å². The number of aromatic nitrogens is 2. The number of amides is 1. The molecule has 31 heavy (non-hydrogen) atoms. The Morgan fingerprint density at radius 2 is 2.03 bits per heavy atom. The van der Waals surface area contributed by atoms with Gasteiger partial charge in [0, 0.05) is 0 Å². The number of hydrogen-bond donors (Lipinski definition) is 3. The number of nitrogens with two attached hydrogens (primary N) is 2. The topological polar surface area (TPSA) is 149 Å². The van der Waals surface area contributed by atoms with Crippen LogP contribution < -0.4 is 25.7 Å². The third-order valence-electron chi connectivity index (χ3n) is 4.89. The number of carbonyl (C=O) groups excluding carboxylic acids is 1. The molecule has 1 aromatic heterocycles. The summed E-state index contributed by atoms with van der Waals surface area (Å²) in [7, 11) is 1.48. The predicted octanol–water partition coefficient (Wildman–Crippen LogP) is 2.17. The Hall–Kier alpha value is -4.45. The molecule has 9 heteroatoms. The lowest BCUT2D eigenvalue weighted by atomic mass is 9.83. The molecular formula is C22H19N5O4. The lowest BCUT2D eigenvalue weighted by molar-refractivity contribution is -0.119. The van der Waals surface area contributed by atoms with E-state index in [4.69, 9.17) is 25.7 Å². The van der Waals surface area contributed by atoms with Crippen molar-refractivity contribution in [2.45, 2.75) is 5.92 Å². The fraction of sp³-hybridized carbons (Fsp3) is 0.136. The minimum atomic E-state index is -0.603. The zero-order valence-electron chi connectivity index (χ0n) is 16.6. The fourth-order valence-corrected chi connectivity index (χ4v) is 3.54. The maximum Gasteiger partial charge on any atom is 0.255 e. The number of carbonyl (C=O) groups is 1. The van der Waals surface area contributed by atoms with E-state index in [2.05, 4.69) is 16.3 Å². The summed E-state index contributed by atoms with van der Waals surface area (Å²) in [5.41, 5.74) is 14.4. The molecule has 2 heterocycles. The Balaban J connectivity index is 1.85. The Kier molecular flexibility index (Phi) is 5.20. The van der Waals surface area contributed by atoms with Gasteiger partial charge in [-0.2, -0.15) is 5.26 Å². The first kappa shape index (κ1) is 19.8. The number of rotatable bonds is 6. The third kappa shape index (κ3) is 3.62. The van der Waals surface area contributed by atoms with Gasteiger partial charge in [-0.3, -0.25) is 9.89 Å². The molecule has 5 N–H and O–H groups in total. The zero-order chi connectivity index (χ0) is 22.0. The highest BCUT2D eigenvalue weighted by molar-refractivity contribution is 5.75. The molecule has 2 aromatic carbocycles. The van der Waals surface area contributed by atoms with Crippen LogP contribution in [0.2, 0.25) is 0 Å². The summed E-state index contributed by atoms with van der Waals surface area (Å²) in [6.45, 7) is -0.284. The van der Waals surface area contributed by atoms with Gasteiger partial charge in [-0.15, -0.1) is 5.10 Å². The van der Waals surface area contributed by atoms with Crippen LogP contribution >= 0.6 is 0 Å². The number of fused-ring (bicyclic) bond motifs is 1. The normalized spacial score (nSPS) is 14.9. The summed E-state index contributed by atoms with van der Waals surface area (Å²) >= 11 is 0. The molecule has 0 radical (unpaired) electrons. The van der Waals surface area contributed by atoms with Gasteiger partial charge in [-0.25, -0.2) is 0 Å². The van der Waals surface area contributed by atoms with E-state index in [9.17, 15) is 10.1 Å². The predicted molar refractivity (Wildman–Crippen MR) is 111 cm³/mol. The summed E-state index contributed by atoms with van der Waals surface area (Å²) in [4.78, 5) is 11.1. The molecule has 9 nitrogen and oxygen atoms in total. The number of H-pyrrole nitrogens is 1. The van der Waals surface area contributed by atoms with E-state index in [1.807, 2.05) is 30.3 Å². The number of primary amides is 1. The molecule has 0 aliphatic carbocycles. The second-order valence-electron chi connectivity index (χ2n) is 6.77. The number of benzene rings is 2. The van der Waals surface area contributed by atoms with E-state index < -0.39 is 11.8 Å². The van der Waals surface area contributed by atoms with Gasteiger partial charge in [0.2, 0.25) is 11.8 Å². The number of hydrogen-bond acceptors (Lipinski definition) is 7. The van der Waals surface area contributed by atoms with Crippen LogP contribution in [-0.2, 0) is 4.79 Å². The van der Waals surface area contributed by atoms with Crippen molar-refractivity contribution in [1.29, 1.82) is 5.26 Å². The summed E-state index contributed by atoms with van der Waals surface area (Å²) in [6.07, 6.45) is 0. The highest BCUT2D eigenvalue weighted by Gasteiger charge is 2.36. The second-order valence-corrected chi connectivity index (χ2v) is 6.77. The van der Waals surface area contributed by atoms with Crippen molar-refractivity contribution in [2.24, 2.45) is 11.5 Å². The smallest absolute Gasteiger partial charge is 0.255 e. The SMILES string of the molecule is COc1cc(C2C(C#N)=C(N)Oc3n[nH]c(-c4ccccc4)c32)ccc1OCC(N)=O. The maximum absolute atomic E-state index is 11.1. The molecule has 0 fully saturated rings. The minimum Gasteiger partial charge on any atom is -0.493 e. The lowest BCUT2D eigenvalue weighted by Gasteiger charge is -2.24. The molecule has 156 valence electrons. The van der Waals surface area contributed by atoms with Crippen LogP contribution in [-0.4, -0.2) is 29.8 Å². The van der Waals surface area contributed by atoms with Crippen molar-refractivity contribution in [3.05, 3.63) is 71.1 Å². The number of nitriles is 1. The van der Waals surface area contributed by atoms with Gasteiger partial charge in [0.15, 0.2) is 18.1 Å². The van der Waals surface area contributed by atoms with Gasteiger partial charge in [0.25, 0.3) is 5.91 Å². The lowest BCUT2D eigenvalue weighted by Crippen LogP contribution is -2.21. The first-order chi connectivity index (χ1) is 15.0. The largest absolute Gasteiger partial charge is 0.493 e. The Morgan fingerprint density at radius 3 is 2.71 bits per heavy atom. The van der Waals surface area contributed by atoms with Crippen LogP contribution in [0.3, 0.4) is 0 Å². The standard InChI is InChI=1S/C22H19N5O4/c1-29-16-9-13(7-8-15(16)30-11-17(24)28)18-14(10-23)21(25)31-22-19(18)20(26-27-22)12-5-3-2-4-6-12/h2-9,18H,11,25H2,1H3,(H2,24,28)(H,26,27). The quantitative estimate of drug-likeness (QED) is 0.556. The van der Waals surface area contributed by atoms with Gasteiger partial charge < -0.3 is 25.7 Å². The molecule has 0 saturated heterocycles. The fourth-order valence-electron chi connectivity index (χ4n) is 3.54. The molecule has 1 aliphatic rings. The van der Waals surface area contributed by atoms with E-state index >= 15 is 0 Å².